The minimum atomic E-state index is -0.0905. The molecule has 0 amide bonds. The molecule has 1 unspecified atom stereocenters. The van der Waals surface area contributed by atoms with E-state index in [1.165, 1.54) is 25.7 Å². The van der Waals surface area contributed by atoms with Crippen LogP contribution in [0.25, 0.3) is 0 Å². The molecular weight excluding hydrogens is 322 g/mol. The van der Waals surface area contributed by atoms with Gasteiger partial charge in [0.2, 0.25) is 0 Å². The molecular formula is C15H22BrNO3. The van der Waals surface area contributed by atoms with Crippen molar-refractivity contribution in [3.05, 3.63) is 22.2 Å². The molecule has 4 nitrogen and oxygen atoms in total. The van der Waals surface area contributed by atoms with Crippen molar-refractivity contribution in [1.82, 2.24) is 5.32 Å². The van der Waals surface area contributed by atoms with Gasteiger partial charge in [0, 0.05) is 10.5 Å². The van der Waals surface area contributed by atoms with Crippen molar-refractivity contribution in [2.24, 2.45) is 0 Å². The Balaban J connectivity index is 2.23. The Morgan fingerprint density at radius 2 is 1.85 bits per heavy atom. The Kier molecular flexibility index (Phi) is 5.69. The molecule has 0 aliphatic heterocycles. The molecule has 2 N–H and O–H groups in total. The van der Waals surface area contributed by atoms with E-state index in [0.29, 0.717) is 17.5 Å². The van der Waals surface area contributed by atoms with Gasteiger partial charge in [-0.3, -0.25) is 0 Å². The number of halogens is 1. The molecule has 1 aliphatic carbocycles. The standard InChI is InChI=1S/C15H22BrNO3/c1-19-14-7-11(12(16)8-15(14)20-2)13(9-18)17-10-5-3-4-6-10/h7-8,10,13,17-18H,3-6,9H2,1-2H3. The zero-order valence-electron chi connectivity index (χ0n) is 12.0. The second-order valence-corrected chi connectivity index (χ2v) is 5.97. The fourth-order valence-electron chi connectivity index (χ4n) is 2.75. The van der Waals surface area contributed by atoms with Crippen LogP contribution in [0.1, 0.15) is 37.3 Å². The van der Waals surface area contributed by atoms with Gasteiger partial charge >= 0.3 is 0 Å². The van der Waals surface area contributed by atoms with Crippen molar-refractivity contribution in [3.63, 3.8) is 0 Å². The lowest BCUT2D eigenvalue weighted by Gasteiger charge is -2.23. The number of benzene rings is 1. The van der Waals surface area contributed by atoms with E-state index in [-0.39, 0.29) is 12.6 Å². The summed E-state index contributed by atoms with van der Waals surface area (Å²) in [6.07, 6.45) is 4.90. The number of hydrogen-bond donors (Lipinski definition) is 2. The van der Waals surface area contributed by atoms with Gasteiger partial charge in [-0.25, -0.2) is 0 Å². The van der Waals surface area contributed by atoms with Crippen molar-refractivity contribution >= 4 is 15.9 Å². The van der Waals surface area contributed by atoms with E-state index in [9.17, 15) is 5.11 Å². The summed E-state index contributed by atoms with van der Waals surface area (Å²) in [7, 11) is 3.23. The molecule has 2 rings (SSSR count). The highest BCUT2D eigenvalue weighted by molar-refractivity contribution is 9.10. The van der Waals surface area contributed by atoms with Gasteiger partial charge in [0.15, 0.2) is 11.5 Å². The molecule has 1 saturated carbocycles. The van der Waals surface area contributed by atoms with Crippen molar-refractivity contribution in [3.8, 4) is 11.5 Å². The number of rotatable bonds is 6. The lowest BCUT2D eigenvalue weighted by Crippen LogP contribution is -2.33. The third kappa shape index (κ3) is 3.45. The maximum Gasteiger partial charge on any atom is 0.161 e. The van der Waals surface area contributed by atoms with Crippen LogP contribution in [0.5, 0.6) is 11.5 Å². The Morgan fingerprint density at radius 1 is 1.25 bits per heavy atom. The average molecular weight is 344 g/mol. The molecule has 0 heterocycles. The summed E-state index contributed by atoms with van der Waals surface area (Å²) < 4.78 is 11.5. The van der Waals surface area contributed by atoms with E-state index in [4.69, 9.17) is 9.47 Å². The summed E-state index contributed by atoms with van der Waals surface area (Å²) in [6.45, 7) is 0.0601. The van der Waals surface area contributed by atoms with Gasteiger partial charge in [0.05, 0.1) is 26.9 Å². The number of methoxy groups -OCH3 is 2. The zero-order chi connectivity index (χ0) is 14.5. The summed E-state index contributed by atoms with van der Waals surface area (Å²) in [5.74, 6) is 1.36. The van der Waals surface area contributed by atoms with Crippen LogP contribution in [0.3, 0.4) is 0 Å². The molecule has 0 radical (unpaired) electrons. The molecule has 112 valence electrons. The van der Waals surface area contributed by atoms with Crippen molar-refractivity contribution in [2.75, 3.05) is 20.8 Å². The van der Waals surface area contributed by atoms with Crippen LogP contribution >= 0.6 is 15.9 Å². The van der Waals surface area contributed by atoms with Crippen LogP contribution in [0.2, 0.25) is 0 Å². The predicted molar refractivity (Wildman–Crippen MR) is 82.5 cm³/mol. The van der Waals surface area contributed by atoms with Crippen LogP contribution in [-0.2, 0) is 0 Å². The minimum Gasteiger partial charge on any atom is -0.493 e. The molecule has 1 aromatic rings. The first kappa shape index (κ1) is 15.6. The van der Waals surface area contributed by atoms with Crippen LogP contribution in [0, 0.1) is 0 Å². The lowest BCUT2D eigenvalue weighted by atomic mass is 10.0. The SMILES string of the molecule is COc1cc(Br)c(C(CO)NC2CCCC2)cc1OC. The minimum absolute atomic E-state index is 0.0601. The van der Waals surface area contributed by atoms with Crippen molar-refractivity contribution in [1.29, 1.82) is 0 Å². The molecule has 1 fully saturated rings. The quantitative estimate of drug-likeness (QED) is 0.833. The Labute approximate surface area is 128 Å². The van der Waals surface area contributed by atoms with E-state index >= 15 is 0 Å². The van der Waals surface area contributed by atoms with Crippen LogP contribution in [0.15, 0.2) is 16.6 Å². The van der Waals surface area contributed by atoms with Gasteiger partial charge in [0.1, 0.15) is 0 Å². The monoisotopic (exact) mass is 343 g/mol. The number of aliphatic hydroxyl groups is 1. The maximum absolute atomic E-state index is 9.70. The fraction of sp³-hybridized carbons (Fsp3) is 0.600. The van der Waals surface area contributed by atoms with Crippen LogP contribution in [0.4, 0.5) is 0 Å². The molecule has 1 atom stereocenters. The second-order valence-electron chi connectivity index (χ2n) is 5.11. The van der Waals surface area contributed by atoms with E-state index < -0.39 is 0 Å². The summed E-state index contributed by atoms with van der Waals surface area (Å²) in [5, 5.41) is 13.2. The van der Waals surface area contributed by atoms with Gasteiger partial charge < -0.3 is 19.9 Å². The number of ether oxygens (including phenoxy) is 2. The normalized spacial score (nSPS) is 17.2. The first-order chi connectivity index (χ1) is 9.69. The van der Waals surface area contributed by atoms with E-state index in [0.717, 1.165) is 10.0 Å². The second kappa shape index (κ2) is 7.29. The topological polar surface area (TPSA) is 50.7 Å². The molecule has 0 saturated heterocycles. The zero-order valence-corrected chi connectivity index (χ0v) is 13.6. The smallest absolute Gasteiger partial charge is 0.161 e. The highest BCUT2D eigenvalue weighted by Crippen LogP contribution is 2.36. The lowest BCUT2D eigenvalue weighted by molar-refractivity contribution is 0.232. The first-order valence-corrected chi connectivity index (χ1v) is 7.77. The van der Waals surface area contributed by atoms with Crippen LogP contribution < -0.4 is 14.8 Å². The highest BCUT2D eigenvalue weighted by atomic mass is 79.9. The molecule has 1 aromatic carbocycles. The fourth-order valence-corrected chi connectivity index (χ4v) is 3.35. The van der Waals surface area contributed by atoms with Gasteiger partial charge in [0.25, 0.3) is 0 Å². The molecule has 5 heteroatoms. The van der Waals surface area contributed by atoms with Crippen molar-refractivity contribution < 1.29 is 14.6 Å². The summed E-state index contributed by atoms with van der Waals surface area (Å²) in [4.78, 5) is 0. The molecule has 0 aromatic heterocycles. The summed E-state index contributed by atoms with van der Waals surface area (Å²) in [5.41, 5.74) is 0.997. The Hall–Kier alpha value is -0.780. The van der Waals surface area contributed by atoms with E-state index in [2.05, 4.69) is 21.2 Å². The highest BCUT2D eigenvalue weighted by Gasteiger charge is 2.22. The number of aliphatic hydroxyl groups excluding tert-OH is 1. The van der Waals surface area contributed by atoms with Gasteiger partial charge in [-0.15, -0.1) is 0 Å². The Morgan fingerprint density at radius 3 is 2.40 bits per heavy atom. The molecule has 0 spiro atoms. The van der Waals surface area contributed by atoms with Gasteiger partial charge in [-0.05, 0) is 30.5 Å². The Bertz CT molecular complexity index is 447. The molecule has 20 heavy (non-hydrogen) atoms. The third-order valence-corrected chi connectivity index (χ3v) is 4.54. The van der Waals surface area contributed by atoms with Crippen molar-refractivity contribution in [2.45, 2.75) is 37.8 Å². The van der Waals surface area contributed by atoms with Gasteiger partial charge in [-0.2, -0.15) is 0 Å². The number of nitrogens with one attached hydrogen (secondary N) is 1. The average Bonchev–Trinajstić information content (AvgIpc) is 2.97. The summed E-state index contributed by atoms with van der Waals surface area (Å²) >= 11 is 3.56. The summed E-state index contributed by atoms with van der Waals surface area (Å²) in [6, 6.07) is 4.21. The maximum atomic E-state index is 9.70. The van der Waals surface area contributed by atoms with Gasteiger partial charge in [-0.1, -0.05) is 28.8 Å². The predicted octanol–water partition coefficient (Wildman–Crippen LogP) is 3.03. The largest absolute Gasteiger partial charge is 0.493 e. The molecule has 1 aliphatic rings. The van der Waals surface area contributed by atoms with E-state index in [1.54, 1.807) is 14.2 Å². The number of hydrogen-bond acceptors (Lipinski definition) is 4. The van der Waals surface area contributed by atoms with E-state index in [1.807, 2.05) is 12.1 Å². The first-order valence-electron chi connectivity index (χ1n) is 6.98. The molecule has 0 bridgehead atoms. The third-order valence-electron chi connectivity index (χ3n) is 3.85. The van der Waals surface area contributed by atoms with Crippen LogP contribution in [-0.4, -0.2) is 32.0 Å².